The molecule has 1 N–H and O–H groups in total. The Hall–Kier alpha value is -2.08. The maximum Gasteiger partial charge on any atom is 0.410 e. The molecule has 0 bridgehead atoms. The van der Waals surface area contributed by atoms with Crippen LogP contribution < -0.4 is 5.32 Å². The van der Waals surface area contributed by atoms with Crippen molar-refractivity contribution in [3.63, 3.8) is 0 Å². The van der Waals surface area contributed by atoms with Crippen LogP contribution in [0.3, 0.4) is 0 Å². The minimum atomic E-state index is -0.410. The van der Waals surface area contributed by atoms with Gasteiger partial charge in [-0.15, -0.1) is 0 Å². The third-order valence-corrected chi connectivity index (χ3v) is 5.33. The Kier molecular flexibility index (Phi) is 5.51. The Bertz CT molecular complexity index is 646. The highest BCUT2D eigenvalue weighted by molar-refractivity contribution is 5.82. The Labute approximate surface area is 154 Å². The first-order chi connectivity index (χ1) is 12.4. The van der Waals surface area contributed by atoms with E-state index in [-0.39, 0.29) is 23.5 Å². The molecule has 0 radical (unpaired) electrons. The summed E-state index contributed by atoms with van der Waals surface area (Å²) in [6.07, 6.45) is 2.29. The maximum absolute atomic E-state index is 12.2. The monoisotopic (exact) mass is 360 g/mol. The van der Waals surface area contributed by atoms with Crippen molar-refractivity contribution in [1.82, 2.24) is 10.2 Å². The minimum Gasteiger partial charge on any atom is -0.448 e. The van der Waals surface area contributed by atoms with E-state index < -0.39 is 6.09 Å². The summed E-state index contributed by atoms with van der Waals surface area (Å²) in [6.45, 7) is 6.45. The van der Waals surface area contributed by atoms with E-state index in [0.29, 0.717) is 19.7 Å². The van der Waals surface area contributed by atoms with Crippen molar-refractivity contribution in [2.45, 2.75) is 44.1 Å². The molecule has 2 fully saturated rings. The molecule has 2 aliphatic heterocycles. The fourth-order valence-electron chi connectivity index (χ4n) is 4.11. The van der Waals surface area contributed by atoms with Crippen LogP contribution >= 0.6 is 0 Å². The highest BCUT2D eigenvalue weighted by Crippen LogP contribution is 2.43. The van der Waals surface area contributed by atoms with Gasteiger partial charge in [0, 0.05) is 18.6 Å². The van der Waals surface area contributed by atoms with E-state index in [4.69, 9.17) is 9.47 Å². The van der Waals surface area contributed by atoms with Gasteiger partial charge in [-0.05, 0) is 38.7 Å². The van der Waals surface area contributed by atoms with Gasteiger partial charge >= 0.3 is 6.09 Å². The van der Waals surface area contributed by atoms with Gasteiger partial charge in [-0.2, -0.15) is 0 Å². The van der Waals surface area contributed by atoms with Gasteiger partial charge in [0.2, 0.25) is 5.91 Å². The maximum atomic E-state index is 12.2. The van der Waals surface area contributed by atoms with Crippen molar-refractivity contribution < 1.29 is 19.1 Å². The molecule has 0 aromatic heterocycles. The number of rotatable bonds is 6. The number of hydrogen-bond acceptors (Lipinski definition) is 4. The number of hydrogen-bond donors (Lipinski definition) is 1. The molecule has 26 heavy (non-hydrogen) atoms. The van der Waals surface area contributed by atoms with Gasteiger partial charge in [0.25, 0.3) is 0 Å². The Morgan fingerprint density at radius 3 is 2.65 bits per heavy atom. The van der Waals surface area contributed by atoms with Crippen molar-refractivity contribution in [1.29, 1.82) is 0 Å². The Morgan fingerprint density at radius 2 is 2.00 bits per heavy atom. The highest BCUT2D eigenvalue weighted by atomic mass is 16.6. The summed E-state index contributed by atoms with van der Waals surface area (Å²) in [5.41, 5.74) is 1.11. The molecule has 3 rings (SSSR count). The lowest BCUT2D eigenvalue weighted by Gasteiger charge is -2.45. The molecule has 2 aliphatic rings. The van der Waals surface area contributed by atoms with Gasteiger partial charge in [-0.1, -0.05) is 30.3 Å². The number of cyclic esters (lactones) is 1. The molecule has 0 aliphatic carbocycles. The molecule has 1 unspecified atom stereocenters. The third kappa shape index (κ3) is 4.36. The van der Waals surface area contributed by atoms with Gasteiger partial charge in [-0.25, -0.2) is 4.79 Å². The summed E-state index contributed by atoms with van der Waals surface area (Å²) in [5, 5.41) is 2.97. The first kappa shape index (κ1) is 18.7. The third-order valence-electron chi connectivity index (χ3n) is 5.33. The molecule has 6 nitrogen and oxygen atoms in total. The second kappa shape index (κ2) is 7.66. The molecular formula is C20H28N2O4. The predicted molar refractivity (Wildman–Crippen MR) is 97.9 cm³/mol. The number of benzene rings is 1. The van der Waals surface area contributed by atoms with Crippen LogP contribution in [0.15, 0.2) is 30.3 Å². The fourth-order valence-corrected chi connectivity index (χ4v) is 4.11. The van der Waals surface area contributed by atoms with E-state index in [0.717, 1.165) is 25.9 Å². The van der Waals surface area contributed by atoms with Crippen molar-refractivity contribution in [2.75, 3.05) is 32.8 Å². The van der Waals surface area contributed by atoms with Crippen LogP contribution in [0.5, 0.6) is 0 Å². The summed E-state index contributed by atoms with van der Waals surface area (Å²) in [7, 11) is 0. The zero-order valence-electron chi connectivity index (χ0n) is 15.6. The smallest absolute Gasteiger partial charge is 0.410 e. The van der Waals surface area contributed by atoms with Crippen LogP contribution in [-0.2, 0) is 19.7 Å². The summed E-state index contributed by atoms with van der Waals surface area (Å²) >= 11 is 0. The van der Waals surface area contributed by atoms with Crippen LogP contribution in [-0.4, -0.2) is 55.3 Å². The van der Waals surface area contributed by atoms with E-state index in [2.05, 4.69) is 43.4 Å². The molecule has 142 valence electrons. The van der Waals surface area contributed by atoms with Gasteiger partial charge in [0.05, 0.1) is 12.1 Å². The second-order valence-corrected chi connectivity index (χ2v) is 7.82. The minimum absolute atomic E-state index is 0.0110. The number of carbonyl (C=O) groups is 2. The van der Waals surface area contributed by atoms with Gasteiger partial charge < -0.3 is 14.8 Å². The summed E-state index contributed by atoms with van der Waals surface area (Å²) in [5.74, 6) is -0.140. The Morgan fingerprint density at radius 1 is 1.23 bits per heavy atom. The largest absolute Gasteiger partial charge is 0.448 e. The summed E-state index contributed by atoms with van der Waals surface area (Å²) in [4.78, 5) is 25.0. The molecule has 1 aromatic carbocycles. The number of nitrogens with one attached hydrogen (secondary N) is 1. The quantitative estimate of drug-likeness (QED) is 0.846. The van der Waals surface area contributed by atoms with E-state index in [1.807, 2.05) is 6.07 Å². The first-order valence-corrected chi connectivity index (χ1v) is 9.28. The molecule has 1 aromatic rings. The highest BCUT2D eigenvalue weighted by Gasteiger charge is 2.41. The molecular weight excluding hydrogens is 332 g/mol. The summed E-state index contributed by atoms with van der Waals surface area (Å²) < 4.78 is 10.8. The van der Waals surface area contributed by atoms with Gasteiger partial charge in [-0.3, -0.25) is 9.69 Å². The number of ether oxygens (including phenoxy) is 2. The topological polar surface area (TPSA) is 67.9 Å². The molecule has 2 heterocycles. The molecule has 2 saturated heterocycles. The van der Waals surface area contributed by atoms with Crippen molar-refractivity contribution in [3.05, 3.63) is 35.9 Å². The van der Waals surface area contributed by atoms with E-state index in [9.17, 15) is 9.59 Å². The first-order valence-electron chi connectivity index (χ1n) is 9.28. The van der Waals surface area contributed by atoms with E-state index in [1.54, 1.807) is 0 Å². The lowest BCUT2D eigenvalue weighted by molar-refractivity contribution is -0.121. The Balaban J connectivity index is 1.61. The molecule has 0 saturated carbocycles. The van der Waals surface area contributed by atoms with Crippen LogP contribution in [0, 0.1) is 0 Å². The normalized spacial score (nSPS) is 25.0. The van der Waals surface area contributed by atoms with E-state index in [1.165, 1.54) is 10.5 Å². The van der Waals surface area contributed by atoms with Gasteiger partial charge in [0.1, 0.15) is 13.2 Å². The average Bonchev–Trinajstić information content (AvgIpc) is 2.99. The zero-order chi connectivity index (χ0) is 18.6. The standard InChI is InChI=1S/C20H28N2O4/c1-19(2)15-20(9-12-26-19,16-6-4-3-5-7-16)8-10-21-17(23)14-22-11-13-25-18(22)24/h3-7H,8-15H2,1-2H3,(H,21,23). The van der Waals surface area contributed by atoms with Crippen LogP contribution in [0.1, 0.15) is 38.7 Å². The number of amides is 2. The van der Waals surface area contributed by atoms with Crippen molar-refractivity contribution >= 4 is 12.0 Å². The van der Waals surface area contributed by atoms with Crippen molar-refractivity contribution in [2.24, 2.45) is 0 Å². The van der Waals surface area contributed by atoms with E-state index >= 15 is 0 Å². The van der Waals surface area contributed by atoms with Crippen LogP contribution in [0.25, 0.3) is 0 Å². The van der Waals surface area contributed by atoms with Crippen LogP contribution in [0.4, 0.5) is 4.79 Å². The van der Waals surface area contributed by atoms with Gasteiger partial charge in [0.15, 0.2) is 0 Å². The number of nitrogens with zero attached hydrogens (tertiary/aromatic N) is 1. The zero-order valence-corrected chi connectivity index (χ0v) is 15.6. The average molecular weight is 360 g/mol. The van der Waals surface area contributed by atoms with Crippen LogP contribution in [0.2, 0.25) is 0 Å². The SMILES string of the molecule is CC1(C)CC(CCNC(=O)CN2CCOC2=O)(c2ccccc2)CCO1. The lowest BCUT2D eigenvalue weighted by Crippen LogP contribution is -2.46. The van der Waals surface area contributed by atoms with Crippen molar-refractivity contribution in [3.8, 4) is 0 Å². The molecule has 2 amide bonds. The second-order valence-electron chi connectivity index (χ2n) is 7.82. The summed E-state index contributed by atoms with van der Waals surface area (Å²) in [6, 6.07) is 10.5. The lowest BCUT2D eigenvalue weighted by atomic mass is 9.67. The fraction of sp³-hybridized carbons (Fsp3) is 0.600. The molecule has 0 spiro atoms. The molecule has 6 heteroatoms. The molecule has 1 atom stereocenters. The number of carbonyl (C=O) groups excluding carboxylic acids is 2. The predicted octanol–water partition coefficient (Wildman–Crippen LogP) is 2.47.